The maximum absolute atomic E-state index is 14.1. The molecule has 1 N–H and O–H groups in total. The molecular weight excluding hydrogens is 737 g/mol. The first-order valence-corrected chi connectivity index (χ1v) is 16.9. The van der Waals surface area contributed by atoms with E-state index in [0.29, 0.717) is 61.5 Å². The fourth-order valence-corrected chi connectivity index (χ4v) is 7.80. The first kappa shape index (κ1) is 32.7. The molecule has 0 fully saturated rings. The summed E-state index contributed by atoms with van der Waals surface area (Å²) in [6, 6.07) is 11.9. The molecule has 0 radical (unpaired) electrons. The van der Waals surface area contributed by atoms with Crippen LogP contribution in [0.3, 0.4) is 0 Å². The summed E-state index contributed by atoms with van der Waals surface area (Å²) in [4.78, 5) is 41.9. The predicted molar refractivity (Wildman–Crippen MR) is 181 cm³/mol. The van der Waals surface area contributed by atoms with Crippen LogP contribution >= 0.6 is 38.5 Å². The van der Waals surface area contributed by atoms with Crippen molar-refractivity contribution in [3.8, 4) is 11.5 Å². The zero-order chi connectivity index (χ0) is 32.0. The summed E-state index contributed by atoms with van der Waals surface area (Å²) >= 11 is 5.72. The SMILES string of the molecule is CCOc1cc(C2C3=C(CC(C)(C)CC3=O)N(CCC(=O)O)C3=C2C(=O)CC(C)(C)C3)cc(I)c1OCc1ccc(Br)cc1. The summed E-state index contributed by atoms with van der Waals surface area (Å²) in [6.07, 6.45) is 1.89. The molecule has 0 spiro atoms. The highest BCUT2D eigenvalue weighted by Crippen LogP contribution is 2.55. The second-order valence-corrected chi connectivity index (χ2v) is 15.6. The summed E-state index contributed by atoms with van der Waals surface area (Å²) in [5, 5.41) is 9.62. The number of hydrogen-bond donors (Lipinski definition) is 1. The standard InChI is InChI=1S/C35H39BrINO6/c1-6-43-28-14-21(13-23(37)33(28)44-19-20-7-9-22(36)10-8-20)30-31-24(15-34(2,3)17-26(31)39)38(12-11-29(41)42)25-16-35(4,5)18-27(40)32(25)30/h7-10,13-14,30H,6,11-12,15-19H2,1-5H3,(H,41,42). The number of nitrogens with zero attached hydrogens (tertiary/aromatic N) is 1. The van der Waals surface area contributed by atoms with Crippen LogP contribution in [0.1, 0.15) is 83.8 Å². The highest BCUT2D eigenvalue weighted by atomic mass is 127. The largest absolute Gasteiger partial charge is 0.490 e. The van der Waals surface area contributed by atoms with Crippen molar-refractivity contribution in [1.82, 2.24) is 4.90 Å². The molecule has 2 aliphatic carbocycles. The minimum Gasteiger partial charge on any atom is -0.490 e. The highest BCUT2D eigenvalue weighted by molar-refractivity contribution is 14.1. The first-order chi connectivity index (χ1) is 20.7. The molecule has 0 saturated heterocycles. The monoisotopic (exact) mass is 775 g/mol. The van der Waals surface area contributed by atoms with Crippen LogP contribution in [0, 0.1) is 14.4 Å². The maximum atomic E-state index is 14.1. The molecule has 1 aliphatic heterocycles. The topological polar surface area (TPSA) is 93.1 Å². The molecule has 0 atom stereocenters. The van der Waals surface area contributed by atoms with Gasteiger partial charge >= 0.3 is 5.97 Å². The highest BCUT2D eigenvalue weighted by Gasteiger charge is 2.49. The van der Waals surface area contributed by atoms with Crippen molar-refractivity contribution in [3.05, 3.63) is 78.1 Å². The number of aliphatic carboxylic acids is 1. The molecule has 0 saturated carbocycles. The van der Waals surface area contributed by atoms with E-state index in [2.05, 4.69) is 66.2 Å². The van der Waals surface area contributed by atoms with E-state index in [9.17, 15) is 19.5 Å². The van der Waals surface area contributed by atoms with Gasteiger partial charge in [-0.15, -0.1) is 0 Å². The van der Waals surface area contributed by atoms with Crippen LogP contribution in [-0.4, -0.2) is 40.7 Å². The molecule has 234 valence electrons. The Balaban J connectivity index is 1.67. The van der Waals surface area contributed by atoms with Gasteiger partial charge in [-0.05, 0) is 88.6 Å². The summed E-state index contributed by atoms with van der Waals surface area (Å²) in [5.41, 5.74) is 4.18. The number of hydrogen-bond acceptors (Lipinski definition) is 6. The Kier molecular flexibility index (Phi) is 9.38. The van der Waals surface area contributed by atoms with E-state index < -0.39 is 11.9 Å². The lowest BCUT2D eigenvalue weighted by molar-refractivity contribution is -0.137. The Labute approximate surface area is 281 Å². The van der Waals surface area contributed by atoms with Crippen molar-refractivity contribution in [2.45, 2.75) is 79.2 Å². The third kappa shape index (κ3) is 6.78. The van der Waals surface area contributed by atoms with E-state index in [-0.39, 0.29) is 35.4 Å². The number of ketones is 2. The first-order valence-electron chi connectivity index (χ1n) is 15.0. The van der Waals surface area contributed by atoms with Gasteiger partial charge in [0, 0.05) is 52.3 Å². The smallest absolute Gasteiger partial charge is 0.305 e. The van der Waals surface area contributed by atoms with Crippen molar-refractivity contribution in [3.63, 3.8) is 0 Å². The van der Waals surface area contributed by atoms with Gasteiger partial charge in [0.25, 0.3) is 0 Å². The van der Waals surface area contributed by atoms with E-state index in [1.54, 1.807) is 0 Å². The van der Waals surface area contributed by atoms with E-state index in [1.165, 1.54) is 0 Å². The Morgan fingerprint density at radius 1 is 0.955 bits per heavy atom. The molecule has 0 aromatic heterocycles. The minimum absolute atomic E-state index is 0.00860. The van der Waals surface area contributed by atoms with Gasteiger partial charge in [-0.1, -0.05) is 55.8 Å². The van der Waals surface area contributed by atoms with E-state index in [1.807, 2.05) is 48.2 Å². The zero-order valence-electron chi connectivity index (χ0n) is 25.9. The molecule has 44 heavy (non-hydrogen) atoms. The number of Topliss-reactive ketones (excluding diaryl/α,β-unsaturated/α-hetero) is 2. The summed E-state index contributed by atoms with van der Waals surface area (Å²) < 4.78 is 14.2. The number of allylic oxidation sites excluding steroid dienone is 4. The summed E-state index contributed by atoms with van der Waals surface area (Å²) in [7, 11) is 0. The zero-order valence-corrected chi connectivity index (χ0v) is 29.6. The normalized spacial score (nSPS) is 19.6. The third-order valence-electron chi connectivity index (χ3n) is 8.53. The molecule has 3 aliphatic rings. The lowest BCUT2D eigenvalue weighted by atomic mass is 9.63. The van der Waals surface area contributed by atoms with Crippen LogP contribution in [0.2, 0.25) is 0 Å². The lowest BCUT2D eigenvalue weighted by Gasteiger charge is -2.49. The Hall–Kier alpha value is -2.66. The van der Waals surface area contributed by atoms with Crippen molar-refractivity contribution < 1.29 is 29.0 Å². The van der Waals surface area contributed by atoms with Gasteiger partial charge in [-0.3, -0.25) is 14.4 Å². The molecule has 5 rings (SSSR count). The molecule has 1 heterocycles. The summed E-state index contributed by atoms with van der Waals surface area (Å²) in [5.74, 6) is -0.260. The maximum Gasteiger partial charge on any atom is 0.305 e. The number of carboxylic acid groups (broad SMARTS) is 1. The minimum atomic E-state index is -0.908. The molecule has 0 amide bonds. The van der Waals surface area contributed by atoms with Gasteiger partial charge in [0.2, 0.25) is 0 Å². The van der Waals surface area contributed by atoms with Gasteiger partial charge < -0.3 is 19.5 Å². The molecule has 0 unspecified atom stereocenters. The van der Waals surface area contributed by atoms with Gasteiger partial charge in [0.05, 0.1) is 16.6 Å². The number of benzene rings is 2. The molecule has 0 bridgehead atoms. The van der Waals surface area contributed by atoms with Crippen LogP contribution in [0.25, 0.3) is 0 Å². The second kappa shape index (κ2) is 12.6. The number of rotatable bonds is 9. The number of carbonyl (C=O) groups is 3. The second-order valence-electron chi connectivity index (χ2n) is 13.5. The van der Waals surface area contributed by atoms with Crippen molar-refractivity contribution in [2.24, 2.45) is 10.8 Å². The molecule has 9 heteroatoms. The number of carbonyl (C=O) groups excluding carboxylic acids is 2. The van der Waals surface area contributed by atoms with Gasteiger partial charge in [-0.25, -0.2) is 0 Å². The van der Waals surface area contributed by atoms with Crippen LogP contribution in [0.5, 0.6) is 11.5 Å². The van der Waals surface area contributed by atoms with Gasteiger partial charge in [-0.2, -0.15) is 0 Å². The van der Waals surface area contributed by atoms with Crippen LogP contribution in [0.4, 0.5) is 0 Å². The van der Waals surface area contributed by atoms with Gasteiger partial charge in [0.1, 0.15) is 6.61 Å². The van der Waals surface area contributed by atoms with Crippen molar-refractivity contribution in [2.75, 3.05) is 13.2 Å². The molecule has 2 aromatic rings. The van der Waals surface area contributed by atoms with E-state index >= 15 is 0 Å². The van der Waals surface area contributed by atoms with E-state index in [4.69, 9.17) is 9.47 Å². The Morgan fingerprint density at radius 3 is 2.05 bits per heavy atom. The average Bonchev–Trinajstić information content (AvgIpc) is 2.90. The average molecular weight is 777 g/mol. The summed E-state index contributed by atoms with van der Waals surface area (Å²) in [6.45, 7) is 11.2. The van der Waals surface area contributed by atoms with Crippen LogP contribution in [-0.2, 0) is 21.0 Å². The Bertz CT molecular complexity index is 1520. The fraction of sp³-hybridized carbons (Fsp3) is 0.457. The number of ether oxygens (including phenoxy) is 2. The van der Waals surface area contributed by atoms with Crippen molar-refractivity contribution >= 4 is 56.1 Å². The van der Waals surface area contributed by atoms with Crippen LogP contribution in [0.15, 0.2) is 63.4 Å². The van der Waals surface area contributed by atoms with Crippen molar-refractivity contribution in [1.29, 1.82) is 0 Å². The lowest BCUT2D eigenvalue weighted by Crippen LogP contribution is -2.45. The number of carboxylic acids is 1. The molecular formula is C35H39BrINO6. The quantitative estimate of drug-likeness (QED) is 0.257. The fourth-order valence-electron chi connectivity index (χ4n) is 6.75. The molecule has 7 nitrogen and oxygen atoms in total. The number of halogens is 2. The Morgan fingerprint density at radius 2 is 1.52 bits per heavy atom. The van der Waals surface area contributed by atoms with Crippen LogP contribution < -0.4 is 9.47 Å². The van der Waals surface area contributed by atoms with Gasteiger partial charge in [0.15, 0.2) is 23.1 Å². The third-order valence-corrected chi connectivity index (χ3v) is 9.86. The molecule has 2 aromatic carbocycles. The van der Waals surface area contributed by atoms with E-state index in [0.717, 1.165) is 30.6 Å². The predicted octanol–water partition coefficient (Wildman–Crippen LogP) is 8.19.